The van der Waals surface area contributed by atoms with Crippen LogP contribution in [0.5, 0.6) is 0 Å². The fraction of sp³-hybridized carbons (Fsp3) is 0.923. The van der Waals surface area contributed by atoms with Crippen LogP contribution in [-0.4, -0.2) is 24.3 Å². The monoisotopic (exact) mass is 224 g/mol. The Morgan fingerprint density at radius 3 is 2.75 bits per heavy atom. The third kappa shape index (κ3) is 1.33. The van der Waals surface area contributed by atoms with E-state index in [0.717, 1.165) is 12.8 Å². The molecule has 2 bridgehead atoms. The fourth-order valence-electron chi connectivity index (χ4n) is 3.49. The molecule has 0 spiro atoms. The predicted molar refractivity (Wildman–Crippen MR) is 58.8 cm³/mol. The Labute approximate surface area is 96.5 Å². The number of hydrogen-bond acceptors (Lipinski definition) is 3. The summed E-state index contributed by atoms with van der Waals surface area (Å²) >= 11 is 0. The molecule has 0 aromatic rings. The van der Waals surface area contributed by atoms with E-state index in [1.54, 1.807) is 0 Å². The average molecular weight is 224 g/mol. The van der Waals surface area contributed by atoms with E-state index in [9.17, 15) is 4.79 Å². The molecule has 1 heterocycles. The molecule has 3 rings (SSSR count). The van der Waals surface area contributed by atoms with Gasteiger partial charge in [0.1, 0.15) is 6.10 Å². The van der Waals surface area contributed by atoms with E-state index in [-0.39, 0.29) is 30.2 Å². The lowest BCUT2D eigenvalue weighted by molar-refractivity contribution is -0.150. The Morgan fingerprint density at radius 1 is 1.31 bits per heavy atom. The van der Waals surface area contributed by atoms with Crippen LogP contribution in [0.25, 0.3) is 0 Å². The Hall–Kier alpha value is -0.570. The summed E-state index contributed by atoms with van der Waals surface area (Å²) in [5.41, 5.74) is 0. The predicted octanol–water partition coefficient (Wildman–Crippen LogP) is 2.00. The first kappa shape index (κ1) is 10.6. The molecule has 6 atom stereocenters. The van der Waals surface area contributed by atoms with Crippen LogP contribution in [0.2, 0.25) is 0 Å². The van der Waals surface area contributed by atoms with Crippen molar-refractivity contribution >= 4 is 5.97 Å². The normalized spacial score (nSPS) is 46.5. The summed E-state index contributed by atoms with van der Waals surface area (Å²) in [4.78, 5) is 11.6. The Kier molecular flexibility index (Phi) is 2.29. The molecule has 3 fully saturated rings. The van der Waals surface area contributed by atoms with Crippen molar-refractivity contribution in [1.82, 2.24) is 0 Å². The third-order valence-corrected chi connectivity index (χ3v) is 4.72. The standard InChI is InChI=1S/C13H20O3/c1-6(2)7(3)15-11-8-4-9-10(5-8)13(14)16-12(9)11/h6-12H,4-5H2,1-3H3/t7-,8?,9?,10?,11?,12?/m1/s1. The molecule has 0 aromatic heterocycles. The highest BCUT2D eigenvalue weighted by molar-refractivity contribution is 5.76. The second kappa shape index (κ2) is 3.46. The van der Waals surface area contributed by atoms with Crippen molar-refractivity contribution < 1.29 is 14.3 Å². The summed E-state index contributed by atoms with van der Waals surface area (Å²) < 4.78 is 11.6. The highest BCUT2D eigenvalue weighted by atomic mass is 16.6. The molecular weight excluding hydrogens is 204 g/mol. The smallest absolute Gasteiger partial charge is 0.309 e. The molecule has 0 aromatic carbocycles. The largest absolute Gasteiger partial charge is 0.459 e. The van der Waals surface area contributed by atoms with Gasteiger partial charge in [0, 0.05) is 5.92 Å². The highest BCUT2D eigenvalue weighted by Gasteiger charge is 2.62. The van der Waals surface area contributed by atoms with Crippen LogP contribution in [-0.2, 0) is 14.3 Å². The van der Waals surface area contributed by atoms with Crippen LogP contribution < -0.4 is 0 Å². The highest BCUT2D eigenvalue weighted by Crippen LogP contribution is 2.55. The van der Waals surface area contributed by atoms with Crippen molar-refractivity contribution in [3.8, 4) is 0 Å². The van der Waals surface area contributed by atoms with Crippen molar-refractivity contribution in [2.24, 2.45) is 23.7 Å². The van der Waals surface area contributed by atoms with E-state index in [2.05, 4.69) is 20.8 Å². The number of carbonyl (C=O) groups excluding carboxylic acids is 1. The summed E-state index contributed by atoms with van der Waals surface area (Å²) in [6.07, 6.45) is 2.62. The van der Waals surface area contributed by atoms with Crippen molar-refractivity contribution in [3.05, 3.63) is 0 Å². The summed E-state index contributed by atoms with van der Waals surface area (Å²) in [5, 5.41) is 0. The number of fused-ring (bicyclic) bond motifs is 1. The lowest BCUT2D eigenvalue weighted by atomic mass is 9.88. The minimum absolute atomic E-state index is 0.0285. The number of carbonyl (C=O) groups is 1. The number of hydrogen-bond donors (Lipinski definition) is 0. The van der Waals surface area contributed by atoms with Crippen LogP contribution >= 0.6 is 0 Å². The van der Waals surface area contributed by atoms with Crippen LogP contribution in [0.15, 0.2) is 0 Å². The molecule has 2 aliphatic carbocycles. The van der Waals surface area contributed by atoms with E-state index in [0.29, 0.717) is 17.8 Å². The van der Waals surface area contributed by atoms with Crippen molar-refractivity contribution in [1.29, 1.82) is 0 Å². The van der Waals surface area contributed by atoms with Gasteiger partial charge in [0.25, 0.3) is 0 Å². The SMILES string of the molecule is CC(C)[C@@H](C)OC1C2CC3C(=O)OC1C3C2. The minimum atomic E-state index is 0.0285. The molecule has 2 saturated carbocycles. The van der Waals surface area contributed by atoms with Crippen molar-refractivity contribution in [3.63, 3.8) is 0 Å². The van der Waals surface area contributed by atoms with Crippen LogP contribution in [0, 0.1) is 23.7 Å². The molecule has 3 heteroatoms. The number of esters is 1. The van der Waals surface area contributed by atoms with E-state index in [4.69, 9.17) is 9.47 Å². The molecule has 1 saturated heterocycles. The van der Waals surface area contributed by atoms with Gasteiger partial charge in [-0.15, -0.1) is 0 Å². The Balaban J connectivity index is 1.72. The first-order valence-electron chi connectivity index (χ1n) is 6.44. The van der Waals surface area contributed by atoms with Gasteiger partial charge in [0.2, 0.25) is 0 Å². The van der Waals surface area contributed by atoms with Gasteiger partial charge >= 0.3 is 5.97 Å². The molecule has 3 aliphatic rings. The molecule has 5 unspecified atom stereocenters. The molecule has 0 radical (unpaired) electrons. The summed E-state index contributed by atoms with van der Waals surface area (Å²) in [7, 11) is 0. The van der Waals surface area contributed by atoms with Gasteiger partial charge in [0.15, 0.2) is 0 Å². The number of rotatable bonds is 3. The first-order chi connectivity index (χ1) is 7.58. The van der Waals surface area contributed by atoms with E-state index >= 15 is 0 Å². The second-order valence-electron chi connectivity index (χ2n) is 5.95. The minimum Gasteiger partial charge on any atom is -0.459 e. The Morgan fingerprint density at radius 2 is 2.06 bits per heavy atom. The van der Waals surface area contributed by atoms with Crippen LogP contribution in [0.1, 0.15) is 33.6 Å². The molecule has 16 heavy (non-hydrogen) atoms. The maximum atomic E-state index is 11.6. The summed E-state index contributed by atoms with van der Waals surface area (Å²) in [6.45, 7) is 6.45. The quantitative estimate of drug-likeness (QED) is 0.688. The molecule has 1 aliphatic heterocycles. The molecular formula is C13H20O3. The summed E-state index contributed by atoms with van der Waals surface area (Å²) in [6, 6.07) is 0. The zero-order valence-corrected chi connectivity index (χ0v) is 10.2. The molecule has 0 amide bonds. The van der Waals surface area contributed by atoms with E-state index in [1.165, 1.54) is 0 Å². The molecule has 90 valence electrons. The van der Waals surface area contributed by atoms with Gasteiger partial charge < -0.3 is 9.47 Å². The maximum absolute atomic E-state index is 11.6. The van der Waals surface area contributed by atoms with Gasteiger partial charge in [-0.2, -0.15) is 0 Å². The van der Waals surface area contributed by atoms with E-state index < -0.39 is 0 Å². The lowest BCUT2D eigenvalue weighted by Gasteiger charge is -2.30. The second-order valence-corrected chi connectivity index (χ2v) is 5.95. The Bertz CT molecular complexity index is 312. The van der Waals surface area contributed by atoms with Crippen molar-refractivity contribution in [2.45, 2.75) is 51.9 Å². The fourth-order valence-corrected chi connectivity index (χ4v) is 3.49. The number of ether oxygens (including phenoxy) is 2. The van der Waals surface area contributed by atoms with Crippen LogP contribution in [0.3, 0.4) is 0 Å². The zero-order chi connectivity index (χ0) is 11.4. The molecule has 0 N–H and O–H groups in total. The van der Waals surface area contributed by atoms with Crippen molar-refractivity contribution in [2.75, 3.05) is 0 Å². The first-order valence-corrected chi connectivity index (χ1v) is 6.44. The summed E-state index contributed by atoms with van der Waals surface area (Å²) in [5.74, 6) is 1.77. The van der Waals surface area contributed by atoms with Gasteiger partial charge in [-0.25, -0.2) is 0 Å². The molecule has 3 nitrogen and oxygen atoms in total. The van der Waals surface area contributed by atoms with Gasteiger partial charge in [-0.05, 0) is 31.6 Å². The van der Waals surface area contributed by atoms with Gasteiger partial charge in [0.05, 0.1) is 18.1 Å². The van der Waals surface area contributed by atoms with Crippen LogP contribution in [0.4, 0.5) is 0 Å². The zero-order valence-electron chi connectivity index (χ0n) is 10.2. The maximum Gasteiger partial charge on any atom is 0.309 e. The van der Waals surface area contributed by atoms with Gasteiger partial charge in [-0.1, -0.05) is 13.8 Å². The van der Waals surface area contributed by atoms with E-state index in [1.807, 2.05) is 0 Å². The third-order valence-electron chi connectivity index (χ3n) is 4.72. The average Bonchev–Trinajstić information content (AvgIpc) is 2.81. The topological polar surface area (TPSA) is 35.5 Å². The van der Waals surface area contributed by atoms with Gasteiger partial charge in [-0.3, -0.25) is 4.79 Å². The lowest BCUT2D eigenvalue weighted by Crippen LogP contribution is -2.37.